The van der Waals surface area contributed by atoms with E-state index in [1.807, 2.05) is 13.8 Å². The molecule has 5 amide bonds. The molecule has 0 spiro atoms. The summed E-state index contributed by atoms with van der Waals surface area (Å²) in [5.41, 5.74) is 0.162. The number of amides is 5. The smallest absolute Gasteiger partial charge is 0.416 e. The molecule has 11 nitrogen and oxygen atoms in total. The van der Waals surface area contributed by atoms with Gasteiger partial charge < -0.3 is 40.3 Å². The number of likely N-dealkylation sites (N-methyl/N-ethyl adjacent to an activating group) is 1. The van der Waals surface area contributed by atoms with E-state index in [0.29, 0.717) is 30.9 Å². The highest BCUT2D eigenvalue weighted by Crippen LogP contribution is 2.31. The Labute approximate surface area is 300 Å². The Hall–Kier alpha value is -4.89. The van der Waals surface area contributed by atoms with E-state index in [1.54, 1.807) is 19.1 Å². The number of ether oxygens (including phenoxy) is 2. The molecular formula is C37H45F4N5O6. The Morgan fingerprint density at radius 3 is 2.23 bits per heavy atom. The molecule has 282 valence electrons. The van der Waals surface area contributed by atoms with Crippen molar-refractivity contribution in [2.75, 3.05) is 49.3 Å². The monoisotopic (exact) mass is 731 g/mol. The van der Waals surface area contributed by atoms with Crippen molar-refractivity contribution >= 4 is 35.0 Å². The van der Waals surface area contributed by atoms with Crippen LogP contribution in [0.25, 0.3) is 0 Å². The fraction of sp³-hybridized carbons (Fsp3) is 0.432. The summed E-state index contributed by atoms with van der Waals surface area (Å²) in [6.07, 6.45) is -3.28. The number of hydrogen-bond acceptors (Lipinski definition) is 6. The van der Waals surface area contributed by atoms with E-state index in [4.69, 9.17) is 9.47 Å². The number of carbonyl (C=O) groups excluding carboxylic acids is 3. The maximum atomic E-state index is 14.3. The van der Waals surface area contributed by atoms with Crippen LogP contribution in [0.5, 0.6) is 5.75 Å². The third-order valence-electron chi connectivity index (χ3n) is 8.68. The number of hydrogen-bond donors (Lipinski definition) is 4. The molecule has 0 aliphatic carbocycles. The van der Waals surface area contributed by atoms with Gasteiger partial charge in [-0.15, -0.1) is 0 Å². The molecule has 0 unspecified atom stereocenters. The molecule has 1 heterocycles. The molecule has 0 saturated heterocycles. The molecule has 3 aromatic rings. The number of aliphatic hydroxyl groups excluding tert-OH is 1. The first-order valence-electron chi connectivity index (χ1n) is 17.0. The van der Waals surface area contributed by atoms with E-state index < -0.39 is 47.7 Å². The van der Waals surface area contributed by atoms with Crippen LogP contribution in [0.4, 0.5) is 44.2 Å². The Kier molecular flexibility index (Phi) is 13.8. The number of benzene rings is 3. The number of nitrogens with one attached hydrogen (secondary N) is 3. The highest BCUT2D eigenvalue weighted by molar-refractivity contribution is 6.02. The number of urea groups is 2. The van der Waals surface area contributed by atoms with Crippen molar-refractivity contribution in [3.63, 3.8) is 0 Å². The van der Waals surface area contributed by atoms with Crippen molar-refractivity contribution in [3.8, 4) is 5.75 Å². The van der Waals surface area contributed by atoms with Gasteiger partial charge in [0.2, 0.25) is 0 Å². The van der Waals surface area contributed by atoms with Crippen LogP contribution in [0.2, 0.25) is 0 Å². The summed E-state index contributed by atoms with van der Waals surface area (Å²) < 4.78 is 64.8. The molecule has 15 heteroatoms. The number of rotatable bonds is 7. The van der Waals surface area contributed by atoms with E-state index in [9.17, 15) is 37.1 Å². The summed E-state index contributed by atoms with van der Waals surface area (Å²) in [5, 5.41) is 18.1. The summed E-state index contributed by atoms with van der Waals surface area (Å²) in [5.74, 6) is -0.988. The lowest BCUT2D eigenvalue weighted by atomic mass is 10.0. The summed E-state index contributed by atoms with van der Waals surface area (Å²) in [4.78, 5) is 43.0. The van der Waals surface area contributed by atoms with Crippen LogP contribution >= 0.6 is 0 Å². The molecule has 4 rings (SSSR count). The molecule has 0 bridgehead atoms. The Morgan fingerprint density at radius 1 is 0.962 bits per heavy atom. The van der Waals surface area contributed by atoms with Gasteiger partial charge in [-0.1, -0.05) is 6.92 Å². The minimum atomic E-state index is -4.50. The van der Waals surface area contributed by atoms with Crippen molar-refractivity contribution < 1.29 is 46.5 Å². The van der Waals surface area contributed by atoms with Gasteiger partial charge in [0.1, 0.15) is 11.6 Å². The quantitative estimate of drug-likeness (QED) is 0.187. The van der Waals surface area contributed by atoms with Gasteiger partial charge in [0.05, 0.1) is 36.0 Å². The molecule has 0 aromatic heterocycles. The van der Waals surface area contributed by atoms with E-state index in [-0.39, 0.29) is 48.7 Å². The summed E-state index contributed by atoms with van der Waals surface area (Å²) >= 11 is 0. The molecule has 0 radical (unpaired) electrons. The average Bonchev–Trinajstić information content (AvgIpc) is 3.10. The summed E-state index contributed by atoms with van der Waals surface area (Å²) in [6.45, 7) is 5.64. The van der Waals surface area contributed by atoms with Crippen molar-refractivity contribution in [1.29, 1.82) is 0 Å². The predicted octanol–water partition coefficient (Wildman–Crippen LogP) is 7.45. The standard InChI is InChI=1S/C37H45F4N5O6/c1-23-20-46(24(2)22-47)34(48)31-19-30(43-35(49)42-28-14-10-27(38)11-15-28)16-17-32(31)52-25(3)7-5-6-18-51-33(23)21-45(4)36(50)44-29-12-8-26(9-13-29)37(39,40)41/h8-17,19,23-25,33,47H,5-7,18,20-22H2,1-4H3,(H,44,50)(H2,42,43,49)/t23-,24-,25-,33-/m0/s1. The van der Waals surface area contributed by atoms with Gasteiger partial charge in [-0.05, 0) is 99.8 Å². The first-order chi connectivity index (χ1) is 24.6. The average molecular weight is 732 g/mol. The molecule has 0 saturated carbocycles. The van der Waals surface area contributed by atoms with E-state index in [1.165, 1.54) is 59.3 Å². The van der Waals surface area contributed by atoms with Gasteiger partial charge in [0.25, 0.3) is 5.91 Å². The first-order valence-corrected chi connectivity index (χ1v) is 17.0. The maximum Gasteiger partial charge on any atom is 0.416 e. The number of halogens is 4. The Morgan fingerprint density at radius 2 is 1.58 bits per heavy atom. The van der Waals surface area contributed by atoms with Crippen molar-refractivity contribution in [2.45, 2.75) is 64.5 Å². The van der Waals surface area contributed by atoms with Gasteiger partial charge in [0.15, 0.2) is 0 Å². The van der Waals surface area contributed by atoms with Gasteiger partial charge in [-0.2, -0.15) is 13.2 Å². The molecular weight excluding hydrogens is 686 g/mol. The zero-order valence-electron chi connectivity index (χ0n) is 29.5. The maximum absolute atomic E-state index is 14.3. The van der Waals surface area contributed by atoms with Crippen molar-refractivity contribution in [2.24, 2.45) is 5.92 Å². The topological polar surface area (TPSA) is 132 Å². The number of carbonyl (C=O) groups is 3. The zero-order valence-corrected chi connectivity index (χ0v) is 29.5. The molecule has 4 atom stereocenters. The second-order valence-electron chi connectivity index (χ2n) is 13.0. The number of alkyl halides is 3. The van der Waals surface area contributed by atoms with Crippen LogP contribution in [0.15, 0.2) is 66.7 Å². The van der Waals surface area contributed by atoms with Crippen molar-refractivity contribution in [1.82, 2.24) is 9.80 Å². The predicted molar refractivity (Wildman–Crippen MR) is 189 cm³/mol. The second kappa shape index (κ2) is 18.0. The van der Waals surface area contributed by atoms with E-state index in [0.717, 1.165) is 18.6 Å². The van der Waals surface area contributed by atoms with Crippen LogP contribution in [-0.2, 0) is 10.9 Å². The summed E-state index contributed by atoms with van der Waals surface area (Å²) in [7, 11) is 1.54. The van der Waals surface area contributed by atoms with Crippen LogP contribution in [0, 0.1) is 11.7 Å². The molecule has 1 aliphatic heterocycles. The lowest BCUT2D eigenvalue weighted by Gasteiger charge is -2.35. The lowest BCUT2D eigenvalue weighted by molar-refractivity contribution is -0.137. The van der Waals surface area contributed by atoms with Crippen LogP contribution < -0.4 is 20.7 Å². The molecule has 3 aromatic carbocycles. The highest BCUT2D eigenvalue weighted by Gasteiger charge is 2.32. The minimum Gasteiger partial charge on any atom is -0.490 e. The van der Waals surface area contributed by atoms with E-state index in [2.05, 4.69) is 16.0 Å². The SMILES string of the molecule is C[C@H]1CCCCO[C@@H](CN(C)C(=O)Nc2ccc(C(F)(F)F)cc2)[C@@H](C)CN([C@@H](C)CO)C(=O)c2cc(NC(=O)Nc3ccc(F)cc3)ccc2O1. The third kappa shape index (κ3) is 11.3. The van der Waals surface area contributed by atoms with Crippen LogP contribution in [0.3, 0.4) is 0 Å². The van der Waals surface area contributed by atoms with Crippen LogP contribution in [0.1, 0.15) is 56.0 Å². The summed E-state index contributed by atoms with van der Waals surface area (Å²) in [6, 6.07) is 12.2. The molecule has 1 aliphatic rings. The molecule has 52 heavy (non-hydrogen) atoms. The van der Waals surface area contributed by atoms with Gasteiger partial charge in [-0.25, -0.2) is 14.0 Å². The largest absolute Gasteiger partial charge is 0.490 e. The lowest BCUT2D eigenvalue weighted by Crippen LogP contribution is -2.48. The highest BCUT2D eigenvalue weighted by atomic mass is 19.4. The Bertz CT molecular complexity index is 1660. The van der Waals surface area contributed by atoms with Gasteiger partial charge >= 0.3 is 18.2 Å². The molecule has 4 N–H and O–H groups in total. The van der Waals surface area contributed by atoms with E-state index >= 15 is 0 Å². The zero-order chi connectivity index (χ0) is 38.0. The number of nitrogens with zero attached hydrogens (tertiary/aromatic N) is 2. The fourth-order valence-corrected chi connectivity index (χ4v) is 5.60. The third-order valence-corrected chi connectivity index (χ3v) is 8.68. The number of anilines is 3. The number of aliphatic hydroxyl groups is 1. The van der Waals surface area contributed by atoms with Crippen LogP contribution in [-0.4, -0.2) is 84.5 Å². The van der Waals surface area contributed by atoms with Gasteiger partial charge in [0, 0.05) is 49.7 Å². The van der Waals surface area contributed by atoms with Gasteiger partial charge in [-0.3, -0.25) is 4.79 Å². The fourth-order valence-electron chi connectivity index (χ4n) is 5.60. The molecule has 0 fully saturated rings. The van der Waals surface area contributed by atoms with Crippen molar-refractivity contribution in [3.05, 3.63) is 83.7 Å². The number of fused-ring (bicyclic) bond motifs is 1. The Balaban J connectivity index is 1.55. The second-order valence-corrected chi connectivity index (χ2v) is 13.0. The minimum absolute atomic E-state index is 0.0938. The normalized spacial score (nSPS) is 19.4. The first kappa shape index (κ1) is 39.9.